The van der Waals surface area contributed by atoms with Crippen molar-refractivity contribution in [3.05, 3.63) is 75.9 Å². The lowest BCUT2D eigenvalue weighted by Crippen LogP contribution is -2.48. The molecule has 0 amide bonds. The topological polar surface area (TPSA) is 66.4 Å². The summed E-state index contributed by atoms with van der Waals surface area (Å²) in [4.78, 5) is 25.3. The summed E-state index contributed by atoms with van der Waals surface area (Å²) in [5, 5.41) is 14.5. The molecule has 0 bridgehead atoms. The number of hydrogen-bond acceptors (Lipinski definition) is 4. The number of rotatable bonds is 5. The number of ketones is 2. The second-order valence-corrected chi connectivity index (χ2v) is 8.51. The molecule has 0 radical (unpaired) electrons. The highest BCUT2D eigenvalue weighted by molar-refractivity contribution is 9.10. The molecule has 28 heavy (non-hydrogen) atoms. The zero-order chi connectivity index (χ0) is 20.5. The second-order valence-electron chi connectivity index (χ2n) is 7.59. The fraction of sp³-hybridized carbons (Fsp3) is 0.304. The van der Waals surface area contributed by atoms with E-state index < -0.39 is 17.4 Å². The van der Waals surface area contributed by atoms with E-state index in [-0.39, 0.29) is 18.0 Å². The summed E-state index contributed by atoms with van der Waals surface area (Å²) in [7, 11) is 0. The van der Waals surface area contributed by atoms with Crippen molar-refractivity contribution in [3.8, 4) is 0 Å². The normalized spacial score (nSPS) is 24.8. The van der Waals surface area contributed by atoms with Crippen LogP contribution in [0, 0.1) is 5.92 Å². The van der Waals surface area contributed by atoms with Gasteiger partial charge in [-0.05, 0) is 50.6 Å². The molecular formula is C23H24BrNO3. The number of carbonyl (C=O) groups excluding carboxylic acids is 2. The summed E-state index contributed by atoms with van der Waals surface area (Å²) in [5.74, 6) is -1.42. The number of Topliss-reactive ketones (excluding diaryl/α,β-unsaturated/α-hetero) is 2. The molecule has 0 aliphatic heterocycles. The Morgan fingerprint density at radius 2 is 1.68 bits per heavy atom. The number of benzene rings is 2. The van der Waals surface area contributed by atoms with E-state index in [1.807, 2.05) is 54.6 Å². The zero-order valence-electron chi connectivity index (χ0n) is 16.2. The average molecular weight is 442 g/mol. The number of halogens is 1. The summed E-state index contributed by atoms with van der Waals surface area (Å²) >= 11 is 3.42. The van der Waals surface area contributed by atoms with Crippen LogP contribution in [0.5, 0.6) is 0 Å². The highest BCUT2D eigenvalue weighted by atomic mass is 79.9. The molecule has 0 unspecified atom stereocenters. The van der Waals surface area contributed by atoms with Gasteiger partial charge in [0.2, 0.25) is 0 Å². The summed E-state index contributed by atoms with van der Waals surface area (Å²) < 4.78 is 0.952. The van der Waals surface area contributed by atoms with Crippen molar-refractivity contribution in [2.45, 2.75) is 38.7 Å². The Bertz CT molecular complexity index is 917. The van der Waals surface area contributed by atoms with Crippen molar-refractivity contribution >= 4 is 33.2 Å². The monoisotopic (exact) mass is 441 g/mol. The first-order valence-electron chi connectivity index (χ1n) is 9.25. The lowest BCUT2D eigenvalue weighted by Gasteiger charge is -2.43. The minimum Gasteiger partial charge on any atom is -0.389 e. The Morgan fingerprint density at radius 3 is 2.21 bits per heavy atom. The SMILES string of the molecule is CC(=O)C1=C(Nc2ccc(Br)cc2)C[C@](C)(O)[C@@H](C(C)=O)[C@H]1c1ccccc1. The van der Waals surface area contributed by atoms with Gasteiger partial charge < -0.3 is 10.4 Å². The first kappa shape index (κ1) is 20.5. The molecule has 2 N–H and O–H groups in total. The van der Waals surface area contributed by atoms with Crippen LogP contribution in [0.25, 0.3) is 0 Å². The van der Waals surface area contributed by atoms with Gasteiger partial charge >= 0.3 is 0 Å². The third-order valence-corrected chi connectivity index (χ3v) is 5.82. The van der Waals surface area contributed by atoms with Gasteiger partial charge in [0.05, 0.1) is 11.5 Å². The minimum atomic E-state index is -1.27. The van der Waals surface area contributed by atoms with Crippen LogP contribution >= 0.6 is 15.9 Å². The molecule has 0 fully saturated rings. The van der Waals surface area contributed by atoms with E-state index in [0.717, 1.165) is 15.7 Å². The molecule has 5 heteroatoms. The van der Waals surface area contributed by atoms with Gasteiger partial charge in [-0.25, -0.2) is 0 Å². The van der Waals surface area contributed by atoms with E-state index in [9.17, 15) is 14.7 Å². The van der Waals surface area contributed by atoms with E-state index in [1.165, 1.54) is 13.8 Å². The fourth-order valence-electron chi connectivity index (χ4n) is 4.22. The first-order valence-corrected chi connectivity index (χ1v) is 10.0. The van der Waals surface area contributed by atoms with Crippen molar-refractivity contribution in [1.29, 1.82) is 0 Å². The van der Waals surface area contributed by atoms with Gasteiger partial charge in [-0.2, -0.15) is 0 Å². The van der Waals surface area contributed by atoms with Gasteiger partial charge in [0.1, 0.15) is 5.78 Å². The van der Waals surface area contributed by atoms with E-state index in [2.05, 4.69) is 21.2 Å². The minimum absolute atomic E-state index is 0.102. The Labute approximate surface area is 173 Å². The third kappa shape index (κ3) is 4.10. The quantitative estimate of drug-likeness (QED) is 0.695. The summed E-state index contributed by atoms with van der Waals surface area (Å²) in [6.45, 7) is 4.68. The van der Waals surface area contributed by atoms with Crippen LogP contribution in [0.4, 0.5) is 5.69 Å². The van der Waals surface area contributed by atoms with E-state index in [0.29, 0.717) is 11.3 Å². The number of nitrogens with one attached hydrogen (secondary N) is 1. The number of anilines is 1. The van der Waals surface area contributed by atoms with Crippen molar-refractivity contribution < 1.29 is 14.7 Å². The van der Waals surface area contributed by atoms with Crippen molar-refractivity contribution in [2.24, 2.45) is 5.92 Å². The standard InChI is InChI=1S/C23H24BrNO3/c1-14(26)20-19(25-18-11-9-17(24)10-12-18)13-23(3,28)22(15(2)27)21(20)16-7-5-4-6-8-16/h4-12,21-22,25,28H,13H2,1-3H3/t21-,22-,23-/m0/s1. The van der Waals surface area contributed by atoms with Crippen LogP contribution in [0.15, 0.2) is 70.3 Å². The van der Waals surface area contributed by atoms with Crippen molar-refractivity contribution in [2.75, 3.05) is 5.32 Å². The molecular weight excluding hydrogens is 418 g/mol. The fourth-order valence-corrected chi connectivity index (χ4v) is 4.48. The molecule has 1 aliphatic carbocycles. The number of aliphatic hydroxyl groups is 1. The van der Waals surface area contributed by atoms with Crippen LogP contribution in [-0.4, -0.2) is 22.3 Å². The Balaban J connectivity index is 2.18. The molecule has 146 valence electrons. The maximum absolute atomic E-state index is 12.7. The van der Waals surface area contributed by atoms with Gasteiger partial charge in [0.25, 0.3) is 0 Å². The van der Waals surface area contributed by atoms with Gasteiger partial charge in [0.15, 0.2) is 5.78 Å². The van der Waals surface area contributed by atoms with Crippen LogP contribution in [-0.2, 0) is 9.59 Å². The van der Waals surface area contributed by atoms with Gasteiger partial charge in [-0.3, -0.25) is 9.59 Å². The lowest BCUT2D eigenvalue weighted by molar-refractivity contribution is -0.131. The summed E-state index contributed by atoms with van der Waals surface area (Å²) in [6.07, 6.45) is 0.200. The van der Waals surface area contributed by atoms with Gasteiger partial charge in [0, 0.05) is 33.8 Å². The highest BCUT2D eigenvalue weighted by Gasteiger charge is 2.49. The molecule has 3 atom stereocenters. The third-order valence-electron chi connectivity index (χ3n) is 5.29. The maximum atomic E-state index is 12.7. The van der Waals surface area contributed by atoms with Crippen LogP contribution < -0.4 is 5.32 Å². The largest absolute Gasteiger partial charge is 0.389 e. The van der Waals surface area contributed by atoms with Crippen molar-refractivity contribution in [3.63, 3.8) is 0 Å². The van der Waals surface area contributed by atoms with Crippen LogP contribution in [0.2, 0.25) is 0 Å². The number of hydrogen-bond donors (Lipinski definition) is 2. The average Bonchev–Trinajstić information content (AvgIpc) is 2.62. The molecule has 2 aromatic rings. The van der Waals surface area contributed by atoms with E-state index >= 15 is 0 Å². The summed E-state index contributed by atoms with van der Waals surface area (Å²) in [5.41, 5.74) is 1.61. The summed E-state index contributed by atoms with van der Waals surface area (Å²) in [6, 6.07) is 17.1. The number of allylic oxidation sites excluding steroid dienone is 1. The Morgan fingerprint density at radius 1 is 1.07 bits per heavy atom. The molecule has 1 aliphatic rings. The van der Waals surface area contributed by atoms with Crippen molar-refractivity contribution in [1.82, 2.24) is 0 Å². The molecule has 0 saturated heterocycles. The molecule has 0 saturated carbocycles. The van der Waals surface area contributed by atoms with Crippen LogP contribution in [0.1, 0.15) is 38.7 Å². The predicted octanol–water partition coefficient (Wildman–Crippen LogP) is 4.85. The van der Waals surface area contributed by atoms with Gasteiger partial charge in [-0.15, -0.1) is 0 Å². The molecule has 0 aromatic heterocycles. The molecule has 4 nitrogen and oxygen atoms in total. The number of carbonyl (C=O) groups is 2. The lowest BCUT2D eigenvalue weighted by atomic mass is 9.64. The molecule has 3 rings (SSSR count). The first-order chi connectivity index (χ1) is 13.2. The molecule has 0 spiro atoms. The Kier molecular flexibility index (Phi) is 5.87. The predicted molar refractivity (Wildman–Crippen MR) is 114 cm³/mol. The molecule has 0 heterocycles. The smallest absolute Gasteiger partial charge is 0.158 e. The van der Waals surface area contributed by atoms with E-state index in [4.69, 9.17) is 0 Å². The van der Waals surface area contributed by atoms with Crippen LogP contribution in [0.3, 0.4) is 0 Å². The molecule has 2 aromatic carbocycles. The highest BCUT2D eigenvalue weighted by Crippen LogP contribution is 2.47. The van der Waals surface area contributed by atoms with E-state index in [1.54, 1.807) is 6.92 Å². The van der Waals surface area contributed by atoms with Gasteiger partial charge in [-0.1, -0.05) is 46.3 Å². The maximum Gasteiger partial charge on any atom is 0.158 e. The second kappa shape index (κ2) is 8.02. The zero-order valence-corrected chi connectivity index (χ0v) is 17.8. The Hall–Kier alpha value is -2.24.